The number of nitrogens with one attached hydrogen (secondary N) is 1. The first kappa shape index (κ1) is 13.9. The largest absolute Gasteiger partial charge is 0.495 e. The smallest absolute Gasteiger partial charge is 0.275 e. The third kappa shape index (κ3) is 2.46. The summed E-state index contributed by atoms with van der Waals surface area (Å²) in [6.45, 7) is 0. The lowest BCUT2D eigenvalue weighted by atomic mass is 9.94. The molecule has 0 unspecified atom stereocenters. The number of hydrogen-bond donors (Lipinski definition) is 1. The molecule has 6 nitrogen and oxygen atoms in total. The van der Waals surface area contributed by atoms with Crippen molar-refractivity contribution >= 4 is 11.2 Å². The third-order valence-electron chi connectivity index (χ3n) is 4.20. The first-order valence-corrected chi connectivity index (χ1v) is 7.67. The van der Waals surface area contributed by atoms with Crippen LogP contribution in [0.1, 0.15) is 24.1 Å². The minimum absolute atomic E-state index is 0.245. The van der Waals surface area contributed by atoms with E-state index in [1.165, 1.54) is 18.4 Å². The van der Waals surface area contributed by atoms with E-state index in [-0.39, 0.29) is 5.56 Å². The van der Waals surface area contributed by atoms with Crippen LogP contribution in [0.15, 0.2) is 29.3 Å². The van der Waals surface area contributed by atoms with E-state index < -0.39 is 0 Å². The maximum atomic E-state index is 12.4. The van der Waals surface area contributed by atoms with Crippen molar-refractivity contribution in [1.29, 1.82) is 0 Å². The van der Waals surface area contributed by atoms with Crippen molar-refractivity contribution in [2.75, 3.05) is 7.11 Å². The minimum Gasteiger partial charge on any atom is -0.495 e. The van der Waals surface area contributed by atoms with Gasteiger partial charge in [0.2, 0.25) is 0 Å². The maximum absolute atomic E-state index is 12.4. The van der Waals surface area contributed by atoms with Crippen LogP contribution in [0.4, 0.5) is 0 Å². The van der Waals surface area contributed by atoms with Crippen molar-refractivity contribution in [3.63, 3.8) is 0 Å². The highest BCUT2D eigenvalue weighted by atomic mass is 16.5. The lowest BCUT2D eigenvalue weighted by Gasteiger charge is -2.15. The fraction of sp³-hybridized carbons (Fsp3) is 0.294. The number of H-pyrrole nitrogens is 1. The molecule has 3 heterocycles. The molecule has 0 bridgehead atoms. The Balaban J connectivity index is 1.85. The summed E-state index contributed by atoms with van der Waals surface area (Å²) in [5, 5.41) is 0. The number of aromatic nitrogens is 4. The second-order valence-electron chi connectivity index (χ2n) is 5.70. The number of aromatic amines is 1. The van der Waals surface area contributed by atoms with Gasteiger partial charge in [0, 0.05) is 23.5 Å². The summed E-state index contributed by atoms with van der Waals surface area (Å²) in [6, 6.07) is 3.75. The standard InChI is InChI=1S/C17H16N4O2/c1-23-12-7-14-16(19-9-12)21-15(17(22)20-14)11-6-10-4-2-3-5-13(10)18-8-11/h6-9H,2-5H2,1H3,(H,20,22). The normalized spacial score (nSPS) is 13.8. The van der Waals surface area contributed by atoms with Crippen LogP contribution in [-0.2, 0) is 12.8 Å². The zero-order chi connectivity index (χ0) is 15.8. The quantitative estimate of drug-likeness (QED) is 0.785. The molecule has 0 saturated heterocycles. The van der Waals surface area contributed by atoms with E-state index >= 15 is 0 Å². The average Bonchev–Trinajstić information content (AvgIpc) is 2.60. The summed E-state index contributed by atoms with van der Waals surface area (Å²) in [5.74, 6) is 0.582. The Morgan fingerprint density at radius 2 is 2.00 bits per heavy atom. The number of rotatable bonds is 2. The fourth-order valence-corrected chi connectivity index (χ4v) is 2.98. The first-order valence-electron chi connectivity index (χ1n) is 7.67. The van der Waals surface area contributed by atoms with Gasteiger partial charge < -0.3 is 9.72 Å². The number of hydrogen-bond acceptors (Lipinski definition) is 5. The van der Waals surface area contributed by atoms with Crippen LogP contribution in [0.25, 0.3) is 22.4 Å². The van der Waals surface area contributed by atoms with Crippen LogP contribution in [0.5, 0.6) is 5.75 Å². The lowest BCUT2D eigenvalue weighted by Crippen LogP contribution is -2.13. The van der Waals surface area contributed by atoms with Crippen LogP contribution >= 0.6 is 0 Å². The number of fused-ring (bicyclic) bond motifs is 2. The number of pyridine rings is 2. The van der Waals surface area contributed by atoms with Crippen molar-refractivity contribution in [1.82, 2.24) is 19.9 Å². The van der Waals surface area contributed by atoms with Gasteiger partial charge in [-0.05, 0) is 37.3 Å². The molecule has 3 aromatic heterocycles. The summed E-state index contributed by atoms with van der Waals surface area (Å²) in [4.78, 5) is 28.4. The van der Waals surface area contributed by atoms with Gasteiger partial charge in [-0.15, -0.1) is 0 Å². The summed E-state index contributed by atoms with van der Waals surface area (Å²) in [6.07, 6.45) is 7.69. The molecule has 0 spiro atoms. The molecule has 1 N–H and O–H groups in total. The first-order chi connectivity index (χ1) is 11.2. The van der Waals surface area contributed by atoms with E-state index in [9.17, 15) is 4.79 Å². The molecule has 1 aliphatic carbocycles. The molecular weight excluding hydrogens is 292 g/mol. The van der Waals surface area contributed by atoms with E-state index in [1.807, 2.05) is 6.07 Å². The summed E-state index contributed by atoms with van der Waals surface area (Å²) >= 11 is 0. The van der Waals surface area contributed by atoms with E-state index in [1.54, 1.807) is 25.6 Å². The van der Waals surface area contributed by atoms with Gasteiger partial charge in [-0.1, -0.05) is 0 Å². The summed E-state index contributed by atoms with van der Waals surface area (Å²) in [5.41, 5.74) is 4.26. The second kappa shape index (κ2) is 5.46. The molecule has 1 aliphatic rings. The summed E-state index contributed by atoms with van der Waals surface area (Å²) in [7, 11) is 1.56. The topological polar surface area (TPSA) is 80.8 Å². The fourth-order valence-electron chi connectivity index (χ4n) is 2.98. The molecule has 3 aromatic rings. The van der Waals surface area contributed by atoms with Gasteiger partial charge in [-0.25, -0.2) is 9.97 Å². The van der Waals surface area contributed by atoms with Gasteiger partial charge in [0.05, 0.1) is 18.8 Å². The maximum Gasteiger partial charge on any atom is 0.275 e. The molecule has 0 aliphatic heterocycles. The van der Waals surface area contributed by atoms with Crippen LogP contribution < -0.4 is 10.3 Å². The highest BCUT2D eigenvalue weighted by molar-refractivity contribution is 5.74. The highest BCUT2D eigenvalue weighted by Crippen LogP contribution is 2.24. The molecule has 4 rings (SSSR count). The van der Waals surface area contributed by atoms with Crippen LogP contribution in [0.3, 0.4) is 0 Å². The predicted molar refractivity (Wildman–Crippen MR) is 86.6 cm³/mol. The van der Waals surface area contributed by atoms with Gasteiger partial charge in [-0.3, -0.25) is 9.78 Å². The van der Waals surface area contributed by atoms with Gasteiger partial charge >= 0.3 is 0 Å². The Morgan fingerprint density at radius 1 is 1.13 bits per heavy atom. The number of aryl methyl sites for hydroxylation is 2. The van der Waals surface area contributed by atoms with Crippen LogP contribution in [-0.4, -0.2) is 27.0 Å². The molecular formula is C17H16N4O2. The molecule has 0 aromatic carbocycles. The Labute approximate surface area is 132 Å². The Hall–Kier alpha value is -2.76. The molecule has 6 heteroatoms. The average molecular weight is 308 g/mol. The van der Waals surface area contributed by atoms with Crippen LogP contribution in [0.2, 0.25) is 0 Å². The SMILES string of the molecule is COc1cnc2nc(-c3cnc4c(c3)CCCC4)c(=O)[nH]c2c1. The van der Waals surface area contributed by atoms with E-state index in [4.69, 9.17) is 4.74 Å². The molecule has 0 radical (unpaired) electrons. The predicted octanol–water partition coefficient (Wildman–Crippen LogP) is 2.27. The van der Waals surface area contributed by atoms with Crippen molar-refractivity contribution < 1.29 is 4.74 Å². The van der Waals surface area contributed by atoms with Gasteiger partial charge in [0.1, 0.15) is 11.4 Å². The Morgan fingerprint density at radius 3 is 2.87 bits per heavy atom. The highest BCUT2D eigenvalue weighted by Gasteiger charge is 2.15. The molecule has 0 atom stereocenters. The van der Waals surface area contributed by atoms with Gasteiger partial charge in [0.15, 0.2) is 5.65 Å². The number of ether oxygens (including phenoxy) is 1. The molecule has 0 saturated carbocycles. The molecule has 0 fully saturated rings. The van der Waals surface area contributed by atoms with Crippen molar-refractivity contribution in [3.8, 4) is 17.0 Å². The van der Waals surface area contributed by atoms with Gasteiger partial charge in [-0.2, -0.15) is 0 Å². The van der Waals surface area contributed by atoms with E-state index in [0.717, 1.165) is 24.1 Å². The van der Waals surface area contributed by atoms with Crippen molar-refractivity contribution in [3.05, 3.63) is 46.1 Å². The Bertz CT molecular complexity index is 949. The van der Waals surface area contributed by atoms with Crippen molar-refractivity contribution in [2.45, 2.75) is 25.7 Å². The summed E-state index contributed by atoms with van der Waals surface area (Å²) < 4.78 is 5.12. The van der Waals surface area contributed by atoms with E-state index in [2.05, 4.69) is 19.9 Å². The minimum atomic E-state index is -0.245. The molecule has 116 valence electrons. The third-order valence-corrected chi connectivity index (χ3v) is 4.20. The zero-order valence-corrected chi connectivity index (χ0v) is 12.8. The number of nitrogens with zero attached hydrogens (tertiary/aromatic N) is 3. The van der Waals surface area contributed by atoms with Gasteiger partial charge in [0.25, 0.3) is 5.56 Å². The monoisotopic (exact) mass is 308 g/mol. The second-order valence-corrected chi connectivity index (χ2v) is 5.70. The van der Waals surface area contributed by atoms with Crippen molar-refractivity contribution in [2.24, 2.45) is 0 Å². The number of methoxy groups -OCH3 is 1. The zero-order valence-electron chi connectivity index (χ0n) is 12.8. The van der Waals surface area contributed by atoms with Crippen LogP contribution in [0, 0.1) is 0 Å². The molecule has 23 heavy (non-hydrogen) atoms. The lowest BCUT2D eigenvalue weighted by molar-refractivity contribution is 0.413. The van der Waals surface area contributed by atoms with E-state index in [0.29, 0.717) is 22.6 Å². The Kier molecular flexibility index (Phi) is 3.29. The molecule has 0 amide bonds.